The van der Waals surface area contributed by atoms with E-state index in [-0.39, 0.29) is 18.4 Å². The Balaban J connectivity index is 1.59. The van der Waals surface area contributed by atoms with E-state index < -0.39 is 0 Å². The fourth-order valence-corrected chi connectivity index (χ4v) is 3.08. The molecule has 0 saturated heterocycles. The van der Waals surface area contributed by atoms with Crippen LogP contribution in [-0.2, 0) is 6.42 Å². The van der Waals surface area contributed by atoms with Crippen molar-refractivity contribution in [2.45, 2.75) is 6.42 Å². The van der Waals surface area contributed by atoms with E-state index in [2.05, 4.69) is 20.2 Å². The van der Waals surface area contributed by atoms with Crippen molar-refractivity contribution in [3.8, 4) is 34.3 Å². The first kappa shape index (κ1) is 20.4. The van der Waals surface area contributed by atoms with Crippen LogP contribution in [0.3, 0.4) is 0 Å². The van der Waals surface area contributed by atoms with E-state index >= 15 is 0 Å². The van der Waals surface area contributed by atoms with Gasteiger partial charge < -0.3 is 14.4 Å². The average Bonchev–Trinajstić information content (AvgIpc) is 3.30. The summed E-state index contributed by atoms with van der Waals surface area (Å²) in [6.07, 6.45) is 3.76. The molecule has 0 aliphatic heterocycles. The maximum absolute atomic E-state index is 12.1. The highest BCUT2D eigenvalue weighted by Crippen LogP contribution is 2.25. The standard InChI is InChI=1S/C23H21N5O3/c1-28(2)23(30)17-8-6-16(7-9-17)19-13-24-14-20(25-19)22-27-26-21(31-22)18-5-3-4-15(12-18)10-11-29/h3-9,12-14,29H,10-11H2,1-2H3. The highest BCUT2D eigenvalue weighted by molar-refractivity contribution is 5.94. The van der Waals surface area contributed by atoms with Gasteiger partial charge in [-0.2, -0.15) is 0 Å². The Kier molecular flexibility index (Phi) is 5.81. The normalized spacial score (nSPS) is 10.8. The van der Waals surface area contributed by atoms with Crippen molar-refractivity contribution >= 4 is 5.91 Å². The van der Waals surface area contributed by atoms with Gasteiger partial charge in [-0.1, -0.05) is 24.3 Å². The SMILES string of the molecule is CN(C)C(=O)c1ccc(-c2cncc(-c3nnc(-c4cccc(CCO)c4)o3)n2)cc1. The largest absolute Gasteiger partial charge is 0.415 e. The summed E-state index contributed by atoms with van der Waals surface area (Å²) in [4.78, 5) is 22.4. The van der Waals surface area contributed by atoms with Crippen LogP contribution < -0.4 is 0 Å². The minimum atomic E-state index is -0.0622. The molecule has 1 N–H and O–H groups in total. The second-order valence-electron chi connectivity index (χ2n) is 7.15. The van der Waals surface area contributed by atoms with E-state index in [9.17, 15) is 4.79 Å². The van der Waals surface area contributed by atoms with E-state index in [4.69, 9.17) is 9.52 Å². The van der Waals surface area contributed by atoms with Gasteiger partial charge >= 0.3 is 0 Å². The number of aliphatic hydroxyl groups is 1. The minimum Gasteiger partial charge on any atom is -0.415 e. The van der Waals surface area contributed by atoms with Crippen LogP contribution in [0.4, 0.5) is 0 Å². The fraction of sp³-hybridized carbons (Fsp3) is 0.174. The van der Waals surface area contributed by atoms with Crippen molar-refractivity contribution in [1.29, 1.82) is 0 Å². The molecule has 4 aromatic rings. The van der Waals surface area contributed by atoms with Crippen LogP contribution >= 0.6 is 0 Å². The van der Waals surface area contributed by atoms with Crippen LogP contribution in [0.5, 0.6) is 0 Å². The van der Waals surface area contributed by atoms with Gasteiger partial charge in [0.05, 0.1) is 18.1 Å². The maximum Gasteiger partial charge on any atom is 0.268 e. The van der Waals surface area contributed by atoms with Crippen LogP contribution in [0.15, 0.2) is 65.3 Å². The number of carbonyl (C=O) groups is 1. The highest BCUT2D eigenvalue weighted by atomic mass is 16.4. The number of amides is 1. The molecule has 1 amide bonds. The van der Waals surface area contributed by atoms with Crippen molar-refractivity contribution in [1.82, 2.24) is 25.1 Å². The number of carbonyl (C=O) groups excluding carboxylic acids is 1. The number of rotatable bonds is 6. The van der Waals surface area contributed by atoms with Gasteiger partial charge in [0.1, 0.15) is 5.69 Å². The molecule has 0 atom stereocenters. The first-order valence-electron chi connectivity index (χ1n) is 9.73. The second kappa shape index (κ2) is 8.85. The molecule has 4 rings (SSSR count). The topological polar surface area (TPSA) is 105 Å². The lowest BCUT2D eigenvalue weighted by Gasteiger charge is -2.10. The van der Waals surface area contributed by atoms with Gasteiger partial charge in [0, 0.05) is 37.4 Å². The van der Waals surface area contributed by atoms with E-state index in [1.165, 1.54) is 4.90 Å². The Morgan fingerprint density at radius 3 is 2.45 bits per heavy atom. The highest BCUT2D eigenvalue weighted by Gasteiger charge is 2.14. The lowest BCUT2D eigenvalue weighted by atomic mass is 10.1. The molecule has 2 heterocycles. The summed E-state index contributed by atoms with van der Waals surface area (Å²) in [5.74, 6) is 0.567. The van der Waals surface area contributed by atoms with E-state index in [0.29, 0.717) is 29.3 Å². The zero-order chi connectivity index (χ0) is 21.8. The van der Waals surface area contributed by atoms with Gasteiger partial charge in [-0.05, 0) is 36.2 Å². The van der Waals surface area contributed by atoms with Gasteiger partial charge in [0.25, 0.3) is 11.8 Å². The maximum atomic E-state index is 12.1. The molecule has 0 aliphatic rings. The van der Waals surface area contributed by atoms with Gasteiger partial charge in [-0.15, -0.1) is 10.2 Å². The summed E-state index contributed by atoms with van der Waals surface area (Å²) in [5, 5.41) is 17.4. The summed E-state index contributed by atoms with van der Waals surface area (Å²) in [6.45, 7) is 0.0746. The zero-order valence-electron chi connectivity index (χ0n) is 17.2. The molecule has 0 fully saturated rings. The van der Waals surface area contributed by atoms with E-state index in [0.717, 1.165) is 16.7 Å². The molecule has 0 unspecified atom stereocenters. The van der Waals surface area contributed by atoms with E-state index in [1.54, 1.807) is 38.6 Å². The molecule has 0 aliphatic carbocycles. The van der Waals surface area contributed by atoms with Crippen molar-refractivity contribution in [2.75, 3.05) is 20.7 Å². The molecule has 0 saturated carbocycles. The Bertz CT molecular complexity index is 1200. The van der Waals surface area contributed by atoms with Crippen molar-refractivity contribution in [2.24, 2.45) is 0 Å². The Labute approximate surface area is 179 Å². The van der Waals surface area contributed by atoms with Crippen molar-refractivity contribution in [3.63, 3.8) is 0 Å². The average molecular weight is 415 g/mol. The Morgan fingerprint density at radius 1 is 0.968 bits per heavy atom. The molecule has 31 heavy (non-hydrogen) atoms. The molecular formula is C23H21N5O3. The van der Waals surface area contributed by atoms with Gasteiger partial charge in [-0.25, -0.2) is 4.98 Å². The van der Waals surface area contributed by atoms with Crippen molar-refractivity contribution in [3.05, 3.63) is 72.1 Å². The summed E-state index contributed by atoms with van der Waals surface area (Å²) in [6, 6.07) is 14.8. The summed E-state index contributed by atoms with van der Waals surface area (Å²) in [7, 11) is 3.43. The molecule has 0 radical (unpaired) electrons. The third kappa shape index (κ3) is 4.49. The van der Waals surface area contributed by atoms with E-state index in [1.807, 2.05) is 36.4 Å². The fourth-order valence-electron chi connectivity index (χ4n) is 3.08. The van der Waals surface area contributed by atoms with Crippen LogP contribution in [0, 0.1) is 0 Å². The van der Waals surface area contributed by atoms with Crippen LogP contribution in [0.2, 0.25) is 0 Å². The smallest absolute Gasteiger partial charge is 0.268 e. The summed E-state index contributed by atoms with van der Waals surface area (Å²) in [5.41, 5.74) is 4.26. The van der Waals surface area contributed by atoms with Gasteiger partial charge in [0.15, 0.2) is 0 Å². The Morgan fingerprint density at radius 2 is 1.71 bits per heavy atom. The number of hydrogen-bond donors (Lipinski definition) is 1. The quantitative estimate of drug-likeness (QED) is 0.516. The Hall–Kier alpha value is -3.91. The molecule has 0 bridgehead atoms. The molecule has 156 valence electrons. The predicted octanol–water partition coefficient (Wildman–Crippen LogP) is 3.10. The predicted molar refractivity (Wildman–Crippen MR) is 115 cm³/mol. The lowest BCUT2D eigenvalue weighted by Crippen LogP contribution is -2.21. The molecule has 0 spiro atoms. The third-order valence-electron chi connectivity index (χ3n) is 4.69. The zero-order valence-corrected chi connectivity index (χ0v) is 17.2. The van der Waals surface area contributed by atoms with Crippen LogP contribution in [0.25, 0.3) is 34.3 Å². The lowest BCUT2D eigenvalue weighted by molar-refractivity contribution is 0.0827. The molecule has 2 aromatic carbocycles. The van der Waals surface area contributed by atoms with Crippen molar-refractivity contribution < 1.29 is 14.3 Å². The number of aromatic nitrogens is 4. The van der Waals surface area contributed by atoms with Crippen LogP contribution in [0.1, 0.15) is 15.9 Å². The molecule has 8 nitrogen and oxygen atoms in total. The number of benzene rings is 2. The molecular weight excluding hydrogens is 394 g/mol. The number of hydrogen-bond acceptors (Lipinski definition) is 7. The van der Waals surface area contributed by atoms with Crippen LogP contribution in [-0.4, -0.2) is 56.8 Å². The van der Waals surface area contributed by atoms with Gasteiger partial charge in [0.2, 0.25) is 5.89 Å². The number of nitrogens with zero attached hydrogens (tertiary/aromatic N) is 5. The monoisotopic (exact) mass is 415 g/mol. The third-order valence-corrected chi connectivity index (χ3v) is 4.69. The number of aliphatic hydroxyl groups excluding tert-OH is 1. The second-order valence-corrected chi connectivity index (χ2v) is 7.15. The molecule has 2 aromatic heterocycles. The first-order chi connectivity index (χ1) is 15.0. The minimum absolute atomic E-state index is 0.0622. The first-order valence-corrected chi connectivity index (χ1v) is 9.73. The molecule has 8 heteroatoms. The van der Waals surface area contributed by atoms with Gasteiger partial charge in [-0.3, -0.25) is 9.78 Å². The summed E-state index contributed by atoms with van der Waals surface area (Å²) < 4.78 is 5.82. The summed E-state index contributed by atoms with van der Waals surface area (Å²) >= 11 is 0.